The SMILES string of the molecule is CC(Cl)C1CCN(S(=O)(=O)c2c(Br)nnn2C)CC1. The summed E-state index contributed by atoms with van der Waals surface area (Å²) in [5.41, 5.74) is 0. The Morgan fingerprint density at radius 3 is 2.42 bits per heavy atom. The minimum absolute atomic E-state index is 0.0787. The predicted molar refractivity (Wildman–Crippen MR) is 75.5 cm³/mol. The highest BCUT2D eigenvalue weighted by Gasteiger charge is 2.34. The number of aryl methyl sites for hydroxylation is 1. The maximum absolute atomic E-state index is 12.5. The van der Waals surface area contributed by atoms with Gasteiger partial charge in [0.15, 0.2) is 4.60 Å². The van der Waals surface area contributed by atoms with Gasteiger partial charge in [0.25, 0.3) is 10.0 Å². The van der Waals surface area contributed by atoms with Crippen LogP contribution in [0.1, 0.15) is 19.8 Å². The van der Waals surface area contributed by atoms with E-state index < -0.39 is 10.0 Å². The molecule has 0 aliphatic carbocycles. The fraction of sp³-hybridized carbons (Fsp3) is 0.800. The van der Waals surface area contributed by atoms with Crippen LogP contribution < -0.4 is 0 Å². The third-order valence-electron chi connectivity index (χ3n) is 3.47. The van der Waals surface area contributed by atoms with Gasteiger partial charge in [-0.15, -0.1) is 16.7 Å². The number of sulfonamides is 1. The molecule has 1 unspecified atom stereocenters. The first-order valence-corrected chi connectivity index (χ1v) is 8.70. The Morgan fingerprint density at radius 1 is 1.42 bits per heavy atom. The Hall–Kier alpha value is -0.180. The van der Waals surface area contributed by atoms with Gasteiger partial charge in [-0.25, -0.2) is 13.1 Å². The number of halogens is 2. The van der Waals surface area contributed by atoms with E-state index in [0.29, 0.717) is 19.0 Å². The Morgan fingerprint density at radius 2 is 2.00 bits per heavy atom. The number of nitrogens with zero attached hydrogens (tertiary/aromatic N) is 4. The van der Waals surface area contributed by atoms with Crippen LogP contribution in [-0.2, 0) is 17.1 Å². The summed E-state index contributed by atoms with van der Waals surface area (Å²) in [4.78, 5) is 0. The first-order valence-electron chi connectivity index (χ1n) is 6.03. The predicted octanol–water partition coefficient (Wildman–Crippen LogP) is 1.61. The van der Waals surface area contributed by atoms with Crippen molar-refractivity contribution in [3.8, 4) is 0 Å². The van der Waals surface area contributed by atoms with E-state index in [1.54, 1.807) is 7.05 Å². The molecule has 108 valence electrons. The van der Waals surface area contributed by atoms with Crippen LogP contribution in [0.15, 0.2) is 9.63 Å². The maximum atomic E-state index is 12.5. The molecular weight excluding hydrogens is 356 g/mol. The first-order chi connectivity index (χ1) is 8.84. The standard InChI is InChI=1S/C10H16BrClN4O2S/c1-7(12)8-3-5-16(6-4-8)19(17,18)10-9(11)13-14-15(10)2/h7-8H,3-6H2,1-2H3. The molecule has 0 radical (unpaired) electrons. The van der Waals surface area contributed by atoms with Crippen molar-refractivity contribution in [2.45, 2.75) is 30.2 Å². The van der Waals surface area contributed by atoms with E-state index in [4.69, 9.17) is 11.6 Å². The average molecular weight is 372 g/mol. The third kappa shape index (κ3) is 2.96. The van der Waals surface area contributed by atoms with Crippen LogP contribution in [0.25, 0.3) is 0 Å². The second kappa shape index (κ2) is 5.67. The molecule has 0 spiro atoms. The molecule has 0 bridgehead atoms. The van der Waals surface area contributed by atoms with Crippen LogP contribution in [-0.4, -0.2) is 46.2 Å². The highest BCUT2D eigenvalue weighted by Crippen LogP contribution is 2.29. The summed E-state index contributed by atoms with van der Waals surface area (Å²) in [5, 5.41) is 7.62. The fourth-order valence-electron chi connectivity index (χ4n) is 2.29. The lowest BCUT2D eigenvalue weighted by Gasteiger charge is -2.32. The van der Waals surface area contributed by atoms with Crippen LogP contribution in [0.5, 0.6) is 0 Å². The molecule has 2 heterocycles. The number of hydrogen-bond acceptors (Lipinski definition) is 4. The molecule has 0 amide bonds. The fourth-order valence-corrected chi connectivity index (χ4v) is 5.05. The van der Waals surface area contributed by atoms with Gasteiger partial charge in [-0.2, -0.15) is 4.31 Å². The quantitative estimate of drug-likeness (QED) is 0.757. The van der Waals surface area contributed by atoms with Crippen LogP contribution in [0.2, 0.25) is 0 Å². The summed E-state index contributed by atoms with van der Waals surface area (Å²) in [6.07, 6.45) is 1.57. The normalized spacial score (nSPS) is 20.6. The van der Waals surface area contributed by atoms with E-state index >= 15 is 0 Å². The van der Waals surface area contributed by atoms with Crippen LogP contribution in [0.4, 0.5) is 0 Å². The smallest absolute Gasteiger partial charge is 0.235 e. The van der Waals surface area contributed by atoms with Gasteiger partial charge in [-0.05, 0) is 41.6 Å². The molecule has 1 aliphatic rings. The van der Waals surface area contributed by atoms with Gasteiger partial charge in [-0.3, -0.25) is 0 Å². The molecule has 1 atom stereocenters. The van der Waals surface area contributed by atoms with Crippen molar-refractivity contribution in [3.63, 3.8) is 0 Å². The molecule has 1 aromatic rings. The van der Waals surface area contributed by atoms with Crippen molar-refractivity contribution in [1.29, 1.82) is 0 Å². The van der Waals surface area contributed by atoms with E-state index in [2.05, 4.69) is 26.2 Å². The van der Waals surface area contributed by atoms with Gasteiger partial charge in [0, 0.05) is 25.5 Å². The van der Waals surface area contributed by atoms with E-state index in [0.717, 1.165) is 12.8 Å². The van der Waals surface area contributed by atoms with Crippen molar-refractivity contribution in [1.82, 2.24) is 19.3 Å². The largest absolute Gasteiger partial charge is 0.263 e. The molecule has 0 aromatic carbocycles. The van der Waals surface area contributed by atoms with Gasteiger partial charge in [0.2, 0.25) is 5.03 Å². The molecular formula is C10H16BrClN4O2S. The Bertz CT molecular complexity index is 532. The zero-order valence-electron chi connectivity index (χ0n) is 10.8. The summed E-state index contributed by atoms with van der Waals surface area (Å²) in [7, 11) is -1.98. The molecule has 9 heteroatoms. The van der Waals surface area contributed by atoms with Crippen molar-refractivity contribution < 1.29 is 8.42 Å². The van der Waals surface area contributed by atoms with Gasteiger partial charge < -0.3 is 0 Å². The number of piperidine rings is 1. The first kappa shape index (κ1) is 15.2. The zero-order chi connectivity index (χ0) is 14.2. The lowest BCUT2D eigenvalue weighted by Crippen LogP contribution is -2.40. The topological polar surface area (TPSA) is 68.1 Å². The van der Waals surface area contributed by atoms with Crippen molar-refractivity contribution in [3.05, 3.63) is 4.60 Å². The molecule has 2 rings (SSSR count). The van der Waals surface area contributed by atoms with E-state index in [-0.39, 0.29) is 15.0 Å². The molecule has 1 fully saturated rings. The second-order valence-electron chi connectivity index (χ2n) is 4.73. The highest BCUT2D eigenvalue weighted by molar-refractivity contribution is 9.10. The van der Waals surface area contributed by atoms with E-state index in [1.165, 1.54) is 8.99 Å². The number of aromatic nitrogens is 3. The van der Waals surface area contributed by atoms with Crippen molar-refractivity contribution in [2.24, 2.45) is 13.0 Å². The average Bonchev–Trinajstić information content (AvgIpc) is 2.69. The van der Waals surface area contributed by atoms with Crippen molar-refractivity contribution in [2.75, 3.05) is 13.1 Å². The number of rotatable bonds is 3. The molecule has 1 aromatic heterocycles. The van der Waals surface area contributed by atoms with Crippen LogP contribution in [0, 0.1) is 5.92 Å². The second-order valence-corrected chi connectivity index (χ2v) is 8.02. The summed E-state index contributed by atoms with van der Waals surface area (Å²) in [5.74, 6) is 0.376. The summed E-state index contributed by atoms with van der Waals surface area (Å²) in [6, 6.07) is 0. The number of hydrogen-bond donors (Lipinski definition) is 0. The maximum Gasteiger partial charge on any atom is 0.263 e. The summed E-state index contributed by atoms with van der Waals surface area (Å²) >= 11 is 9.20. The number of alkyl halides is 1. The lowest BCUT2D eigenvalue weighted by atomic mass is 9.95. The minimum atomic E-state index is -3.55. The molecule has 6 nitrogen and oxygen atoms in total. The van der Waals surface area contributed by atoms with Gasteiger partial charge in [0.1, 0.15) is 0 Å². The molecule has 1 saturated heterocycles. The van der Waals surface area contributed by atoms with Gasteiger partial charge in [-0.1, -0.05) is 5.21 Å². The highest BCUT2D eigenvalue weighted by atomic mass is 79.9. The monoisotopic (exact) mass is 370 g/mol. The summed E-state index contributed by atoms with van der Waals surface area (Å²) in [6.45, 7) is 2.93. The Balaban J connectivity index is 2.19. The van der Waals surface area contributed by atoms with Crippen molar-refractivity contribution >= 4 is 37.6 Å². The minimum Gasteiger partial charge on any atom is -0.235 e. The molecule has 19 heavy (non-hydrogen) atoms. The molecule has 1 aliphatic heterocycles. The van der Waals surface area contributed by atoms with Gasteiger partial charge >= 0.3 is 0 Å². The van der Waals surface area contributed by atoms with Crippen LogP contribution in [0.3, 0.4) is 0 Å². The zero-order valence-corrected chi connectivity index (χ0v) is 13.9. The molecule has 0 N–H and O–H groups in total. The van der Waals surface area contributed by atoms with Gasteiger partial charge in [0.05, 0.1) is 0 Å². The molecule has 0 saturated carbocycles. The Labute approximate surface area is 126 Å². The summed E-state index contributed by atoms with van der Waals surface area (Å²) < 4.78 is 28.1. The third-order valence-corrected chi connectivity index (χ3v) is 6.61. The van der Waals surface area contributed by atoms with E-state index in [9.17, 15) is 8.42 Å². The Kier molecular flexibility index (Phi) is 4.54. The lowest BCUT2D eigenvalue weighted by molar-refractivity contribution is 0.270. The van der Waals surface area contributed by atoms with Crippen LogP contribution >= 0.6 is 27.5 Å². The van der Waals surface area contributed by atoms with E-state index in [1.807, 2.05) is 6.92 Å².